The molecule has 1 unspecified atom stereocenters. The first kappa shape index (κ1) is 15.4. The van der Waals surface area contributed by atoms with Crippen LogP contribution in [0.25, 0.3) is 0 Å². The van der Waals surface area contributed by atoms with E-state index < -0.39 is 17.8 Å². The molecule has 0 saturated carbocycles. The molecule has 0 aromatic heterocycles. The Hall–Kier alpha value is -0.630. The van der Waals surface area contributed by atoms with Crippen LogP contribution in [-0.4, -0.2) is 13.2 Å². The minimum atomic E-state index is -4.43. The third kappa shape index (κ3) is 3.94. The number of hydrogen-bond donors (Lipinski definition) is 2. The molecule has 0 amide bonds. The Morgan fingerprint density at radius 3 is 2.61 bits per heavy atom. The SMILES string of the molecule is CCOCC(NN)c1ccc(Br)cc1C(F)(F)F. The van der Waals surface area contributed by atoms with E-state index >= 15 is 0 Å². The smallest absolute Gasteiger partial charge is 0.380 e. The lowest BCUT2D eigenvalue weighted by Crippen LogP contribution is -2.33. The van der Waals surface area contributed by atoms with Crippen molar-refractivity contribution < 1.29 is 17.9 Å². The molecular formula is C11H14BrF3N2O. The summed E-state index contributed by atoms with van der Waals surface area (Å²) in [5, 5.41) is 0. The average Bonchev–Trinajstić information content (AvgIpc) is 2.30. The van der Waals surface area contributed by atoms with Crippen molar-refractivity contribution in [2.75, 3.05) is 13.2 Å². The van der Waals surface area contributed by atoms with Crippen LogP contribution >= 0.6 is 15.9 Å². The number of nitrogens with two attached hydrogens (primary N) is 1. The molecule has 3 N–H and O–H groups in total. The molecular weight excluding hydrogens is 313 g/mol. The van der Waals surface area contributed by atoms with Gasteiger partial charge < -0.3 is 4.74 Å². The Balaban J connectivity index is 3.13. The molecule has 1 atom stereocenters. The Bertz CT molecular complexity index is 398. The molecule has 0 spiro atoms. The van der Waals surface area contributed by atoms with Gasteiger partial charge in [0.15, 0.2) is 0 Å². The van der Waals surface area contributed by atoms with Gasteiger partial charge >= 0.3 is 6.18 Å². The number of rotatable bonds is 5. The number of alkyl halides is 3. The zero-order valence-electron chi connectivity index (χ0n) is 9.72. The number of halogens is 4. The Morgan fingerprint density at radius 1 is 1.44 bits per heavy atom. The third-order valence-electron chi connectivity index (χ3n) is 2.39. The van der Waals surface area contributed by atoms with Gasteiger partial charge in [0, 0.05) is 11.1 Å². The maximum Gasteiger partial charge on any atom is 0.416 e. The normalized spacial score (nSPS) is 13.7. The van der Waals surface area contributed by atoms with Crippen LogP contribution < -0.4 is 11.3 Å². The molecule has 3 nitrogen and oxygen atoms in total. The van der Waals surface area contributed by atoms with Gasteiger partial charge in [0.1, 0.15) is 0 Å². The highest BCUT2D eigenvalue weighted by Gasteiger charge is 2.35. The summed E-state index contributed by atoms with van der Waals surface area (Å²) in [4.78, 5) is 0. The van der Waals surface area contributed by atoms with Gasteiger partial charge in [-0.1, -0.05) is 22.0 Å². The summed E-state index contributed by atoms with van der Waals surface area (Å²) in [5.41, 5.74) is 1.69. The second kappa shape index (κ2) is 6.51. The third-order valence-corrected chi connectivity index (χ3v) is 2.88. The lowest BCUT2D eigenvalue weighted by molar-refractivity contribution is -0.138. The zero-order chi connectivity index (χ0) is 13.8. The van der Waals surface area contributed by atoms with Gasteiger partial charge in [-0.3, -0.25) is 11.3 Å². The molecule has 0 bridgehead atoms. The Morgan fingerprint density at radius 2 is 2.11 bits per heavy atom. The van der Waals surface area contributed by atoms with E-state index in [4.69, 9.17) is 10.6 Å². The van der Waals surface area contributed by atoms with Crippen molar-refractivity contribution >= 4 is 15.9 Å². The Kier molecular flexibility index (Phi) is 5.58. The summed E-state index contributed by atoms with van der Waals surface area (Å²) in [6.07, 6.45) is -4.43. The monoisotopic (exact) mass is 326 g/mol. The summed E-state index contributed by atoms with van der Waals surface area (Å²) in [6, 6.07) is 3.26. The van der Waals surface area contributed by atoms with Crippen LogP contribution in [0.15, 0.2) is 22.7 Å². The van der Waals surface area contributed by atoms with Crippen LogP contribution in [0.1, 0.15) is 24.1 Å². The van der Waals surface area contributed by atoms with Gasteiger partial charge in [0.2, 0.25) is 0 Å². The number of hydrogen-bond acceptors (Lipinski definition) is 3. The molecule has 1 aromatic carbocycles. The maximum absolute atomic E-state index is 12.9. The van der Waals surface area contributed by atoms with E-state index in [1.54, 1.807) is 13.0 Å². The van der Waals surface area contributed by atoms with Crippen molar-refractivity contribution in [3.05, 3.63) is 33.8 Å². The predicted molar refractivity (Wildman–Crippen MR) is 65.7 cm³/mol. The van der Waals surface area contributed by atoms with Crippen LogP contribution in [0.4, 0.5) is 13.2 Å². The number of benzene rings is 1. The first-order chi connectivity index (χ1) is 8.40. The van der Waals surface area contributed by atoms with Gasteiger partial charge in [-0.2, -0.15) is 13.2 Å². The standard InChI is InChI=1S/C11H14BrF3N2O/c1-2-18-6-10(17-16)8-4-3-7(12)5-9(8)11(13,14)15/h3-5,10,17H,2,6,16H2,1H3. The molecule has 0 heterocycles. The molecule has 0 radical (unpaired) electrons. The van der Waals surface area contributed by atoms with E-state index in [0.717, 1.165) is 6.07 Å². The molecule has 102 valence electrons. The van der Waals surface area contributed by atoms with Crippen molar-refractivity contribution in [2.45, 2.75) is 19.1 Å². The van der Waals surface area contributed by atoms with E-state index in [2.05, 4.69) is 21.4 Å². The predicted octanol–water partition coefficient (Wildman–Crippen LogP) is 3.01. The van der Waals surface area contributed by atoms with Gasteiger partial charge in [-0.25, -0.2) is 0 Å². The fraction of sp³-hybridized carbons (Fsp3) is 0.455. The largest absolute Gasteiger partial charge is 0.416 e. The van der Waals surface area contributed by atoms with Crippen LogP contribution in [-0.2, 0) is 10.9 Å². The first-order valence-electron chi connectivity index (χ1n) is 5.30. The van der Waals surface area contributed by atoms with Crippen molar-refractivity contribution in [2.24, 2.45) is 5.84 Å². The van der Waals surface area contributed by atoms with Crippen molar-refractivity contribution in [3.63, 3.8) is 0 Å². The summed E-state index contributed by atoms with van der Waals surface area (Å²) >= 11 is 3.03. The summed E-state index contributed by atoms with van der Waals surface area (Å²) in [5.74, 6) is 5.29. The first-order valence-corrected chi connectivity index (χ1v) is 6.10. The van der Waals surface area contributed by atoms with Crippen molar-refractivity contribution in [1.82, 2.24) is 5.43 Å². The molecule has 0 aliphatic heterocycles. The van der Waals surface area contributed by atoms with Gasteiger partial charge in [0.05, 0.1) is 18.2 Å². The molecule has 0 fully saturated rings. The number of hydrazine groups is 1. The van der Waals surface area contributed by atoms with Gasteiger partial charge in [0.25, 0.3) is 0 Å². The highest BCUT2D eigenvalue weighted by atomic mass is 79.9. The second-order valence-electron chi connectivity index (χ2n) is 3.61. The number of ether oxygens (including phenoxy) is 1. The summed E-state index contributed by atoms with van der Waals surface area (Å²) in [7, 11) is 0. The van der Waals surface area contributed by atoms with Gasteiger partial charge in [-0.15, -0.1) is 0 Å². The van der Waals surface area contributed by atoms with Gasteiger partial charge in [-0.05, 0) is 24.6 Å². The number of nitrogens with one attached hydrogen (secondary N) is 1. The minimum Gasteiger partial charge on any atom is -0.380 e. The molecule has 1 aromatic rings. The summed E-state index contributed by atoms with van der Waals surface area (Å²) in [6.45, 7) is 2.26. The fourth-order valence-electron chi connectivity index (χ4n) is 1.54. The fourth-order valence-corrected chi connectivity index (χ4v) is 1.90. The molecule has 18 heavy (non-hydrogen) atoms. The minimum absolute atomic E-state index is 0.0710. The van der Waals surface area contributed by atoms with Crippen LogP contribution in [0, 0.1) is 0 Å². The van der Waals surface area contributed by atoms with Crippen LogP contribution in [0.3, 0.4) is 0 Å². The quantitative estimate of drug-likeness (QED) is 0.646. The van der Waals surface area contributed by atoms with E-state index in [1.807, 2.05) is 0 Å². The highest BCUT2D eigenvalue weighted by Crippen LogP contribution is 2.36. The Labute approximate surface area is 112 Å². The lowest BCUT2D eigenvalue weighted by Gasteiger charge is -2.21. The van der Waals surface area contributed by atoms with Crippen molar-refractivity contribution in [3.8, 4) is 0 Å². The lowest BCUT2D eigenvalue weighted by atomic mass is 10.0. The van der Waals surface area contributed by atoms with E-state index in [1.165, 1.54) is 6.07 Å². The molecule has 0 saturated heterocycles. The maximum atomic E-state index is 12.9. The van der Waals surface area contributed by atoms with E-state index in [9.17, 15) is 13.2 Å². The van der Waals surface area contributed by atoms with E-state index in [0.29, 0.717) is 11.1 Å². The summed E-state index contributed by atoms with van der Waals surface area (Å²) < 4.78 is 44.2. The molecule has 1 rings (SSSR count). The van der Waals surface area contributed by atoms with Crippen molar-refractivity contribution in [1.29, 1.82) is 0 Å². The molecule has 7 heteroatoms. The topological polar surface area (TPSA) is 47.3 Å². The van der Waals surface area contributed by atoms with Crippen LogP contribution in [0.5, 0.6) is 0 Å². The molecule has 0 aliphatic rings. The average molecular weight is 327 g/mol. The van der Waals surface area contributed by atoms with Crippen LogP contribution in [0.2, 0.25) is 0 Å². The second-order valence-corrected chi connectivity index (χ2v) is 4.52. The van der Waals surface area contributed by atoms with E-state index in [-0.39, 0.29) is 12.2 Å². The highest BCUT2D eigenvalue weighted by molar-refractivity contribution is 9.10. The molecule has 0 aliphatic carbocycles. The zero-order valence-corrected chi connectivity index (χ0v) is 11.3.